The molecule has 1 aromatic heterocycles. The highest BCUT2D eigenvalue weighted by molar-refractivity contribution is 6.30. The maximum absolute atomic E-state index is 12.2. The molecule has 1 saturated heterocycles. The fourth-order valence-electron chi connectivity index (χ4n) is 2.86. The van der Waals surface area contributed by atoms with Gasteiger partial charge in [0.25, 0.3) is 5.91 Å². The van der Waals surface area contributed by atoms with E-state index in [1.807, 2.05) is 12.1 Å². The number of aromatic nitrogens is 1. The first-order valence-corrected chi connectivity index (χ1v) is 8.02. The lowest BCUT2D eigenvalue weighted by Crippen LogP contribution is -2.37. The Morgan fingerprint density at radius 1 is 1.38 bits per heavy atom. The van der Waals surface area contributed by atoms with Crippen LogP contribution in [-0.2, 0) is 0 Å². The van der Waals surface area contributed by atoms with Gasteiger partial charge in [0.15, 0.2) is 0 Å². The van der Waals surface area contributed by atoms with Gasteiger partial charge in [0.05, 0.1) is 12.8 Å². The number of hydrogen-bond donors (Lipinski definition) is 2. The molecule has 7 heteroatoms. The number of nitrogens with zero attached hydrogens (tertiary/aromatic N) is 1. The first kappa shape index (κ1) is 16.4. The molecule has 1 amide bonds. The molecule has 2 N–H and O–H groups in total. The Hall–Kier alpha value is -2.47. The lowest BCUT2D eigenvalue weighted by Gasteiger charge is -2.21. The number of anilines is 1. The van der Waals surface area contributed by atoms with Crippen LogP contribution in [-0.4, -0.2) is 37.1 Å². The van der Waals surface area contributed by atoms with Crippen molar-refractivity contribution in [3.05, 3.63) is 57.5 Å². The van der Waals surface area contributed by atoms with Gasteiger partial charge in [-0.15, -0.1) is 0 Å². The van der Waals surface area contributed by atoms with E-state index >= 15 is 0 Å². The number of H-pyrrole nitrogens is 1. The molecule has 2 heterocycles. The Kier molecular flexibility index (Phi) is 4.76. The Morgan fingerprint density at radius 2 is 2.21 bits per heavy atom. The molecule has 1 aliphatic heterocycles. The van der Waals surface area contributed by atoms with E-state index in [1.54, 1.807) is 19.2 Å². The normalized spacial score (nSPS) is 16.9. The van der Waals surface area contributed by atoms with E-state index in [0.29, 0.717) is 17.1 Å². The van der Waals surface area contributed by atoms with Crippen molar-refractivity contribution in [1.82, 2.24) is 10.3 Å². The summed E-state index contributed by atoms with van der Waals surface area (Å²) in [7, 11) is 1.62. The predicted octanol–water partition coefficient (Wildman–Crippen LogP) is 2.05. The smallest absolute Gasteiger partial charge is 0.251 e. The summed E-state index contributed by atoms with van der Waals surface area (Å²) in [6.45, 7) is 1.45. The minimum absolute atomic E-state index is 0.000440. The van der Waals surface area contributed by atoms with E-state index in [-0.39, 0.29) is 17.5 Å². The largest absolute Gasteiger partial charge is 0.495 e. The quantitative estimate of drug-likeness (QED) is 0.887. The number of carbonyl (C=O) groups excluding carboxylic acids is 1. The van der Waals surface area contributed by atoms with Gasteiger partial charge >= 0.3 is 0 Å². The number of ether oxygens (including phenoxy) is 1. The Labute approximate surface area is 144 Å². The summed E-state index contributed by atoms with van der Waals surface area (Å²) >= 11 is 6.08. The molecule has 24 heavy (non-hydrogen) atoms. The van der Waals surface area contributed by atoms with Crippen LogP contribution in [0.15, 0.2) is 41.3 Å². The molecule has 0 radical (unpaired) electrons. The van der Waals surface area contributed by atoms with Gasteiger partial charge in [0.2, 0.25) is 5.56 Å². The number of amides is 1. The first-order valence-electron chi connectivity index (χ1n) is 7.65. The fourth-order valence-corrected chi connectivity index (χ4v) is 3.03. The van der Waals surface area contributed by atoms with Crippen LogP contribution in [0.2, 0.25) is 5.02 Å². The fraction of sp³-hybridized carbons (Fsp3) is 0.294. The number of carbonyl (C=O) groups is 1. The van der Waals surface area contributed by atoms with Crippen LogP contribution < -0.4 is 20.5 Å². The summed E-state index contributed by atoms with van der Waals surface area (Å²) in [5, 5.41) is 3.61. The third-order valence-corrected chi connectivity index (χ3v) is 4.28. The molecule has 0 saturated carbocycles. The zero-order valence-electron chi connectivity index (χ0n) is 13.2. The Balaban J connectivity index is 1.69. The summed E-state index contributed by atoms with van der Waals surface area (Å²) in [5.41, 5.74) is 0.981. The van der Waals surface area contributed by atoms with E-state index in [0.717, 1.165) is 24.4 Å². The number of nitrogens with one attached hydrogen (secondary N) is 2. The zero-order valence-corrected chi connectivity index (χ0v) is 14.0. The van der Waals surface area contributed by atoms with Crippen molar-refractivity contribution in [3.8, 4) is 5.75 Å². The van der Waals surface area contributed by atoms with Crippen molar-refractivity contribution < 1.29 is 9.53 Å². The van der Waals surface area contributed by atoms with Crippen LogP contribution in [0.25, 0.3) is 0 Å². The van der Waals surface area contributed by atoms with E-state index in [9.17, 15) is 9.59 Å². The van der Waals surface area contributed by atoms with E-state index in [4.69, 9.17) is 16.3 Å². The van der Waals surface area contributed by atoms with Gasteiger partial charge in [-0.05, 0) is 30.7 Å². The summed E-state index contributed by atoms with van der Waals surface area (Å²) in [4.78, 5) is 28.2. The molecule has 3 rings (SSSR count). The van der Waals surface area contributed by atoms with E-state index in [2.05, 4.69) is 15.2 Å². The van der Waals surface area contributed by atoms with Crippen molar-refractivity contribution in [2.45, 2.75) is 12.5 Å². The molecule has 1 aromatic carbocycles. The average molecular weight is 348 g/mol. The summed E-state index contributed by atoms with van der Waals surface area (Å²) in [5.74, 6) is 0.506. The van der Waals surface area contributed by atoms with Crippen LogP contribution >= 0.6 is 11.6 Å². The molecular formula is C17H18ClN3O3. The highest BCUT2D eigenvalue weighted by Gasteiger charge is 2.26. The van der Waals surface area contributed by atoms with Crippen LogP contribution in [0.5, 0.6) is 5.75 Å². The first-order chi connectivity index (χ1) is 11.6. The molecule has 1 aliphatic rings. The molecule has 2 aromatic rings. The van der Waals surface area contributed by atoms with Crippen molar-refractivity contribution in [1.29, 1.82) is 0 Å². The second-order valence-corrected chi connectivity index (χ2v) is 6.10. The zero-order chi connectivity index (χ0) is 17.1. The molecule has 0 spiro atoms. The van der Waals surface area contributed by atoms with Gasteiger partial charge in [-0.25, -0.2) is 0 Å². The van der Waals surface area contributed by atoms with Crippen LogP contribution in [0.3, 0.4) is 0 Å². The van der Waals surface area contributed by atoms with Crippen LogP contribution in [0, 0.1) is 0 Å². The predicted molar refractivity (Wildman–Crippen MR) is 93.2 cm³/mol. The van der Waals surface area contributed by atoms with Crippen molar-refractivity contribution in [2.75, 3.05) is 25.1 Å². The van der Waals surface area contributed by atoms with Crippen LogP contribution in [0.4, 0.5) is 5.69 Å². The topological polar surface area (TPSA) is 74.4 Å². The number of rotatable bonds is 4. The molecular weight excluding hydrogens is 330 g/mol. The summed E-state index contributed by atoms with van der Waals surface area (Å²) < 4.78 is 5.39. The SMILES string of the molecule is COc1ccc(Cl)cc1N1CCC(NC(=O)c2cc[nH]c(=O)c2)C1. The highest BCUT2D eigenvalue weighted by atomic mass is 35.5. The van der Waals surface area contributed by atoms with Crippen LogP contribution in [0.1, 0.15) is 16.8 Å². The lowest BCUT2D eigenvalue weighted by atomic mass is 10.2. The third-order valence-electron chi connectivity index (χ3n) is 4.04. The molecule has 0 bridgehead atoms. The van der Waals surface area contributed by atoms with Crippen molar-refractivity contribution >= 4 is 23.2 Å². The van der Waals surface area contributed by atoms with Crippen molar-refractivity contribution in [3.63, 3.8) is 0 Å². The summed E-state index contributed by atoms with van der Waals surface area (Å²) in [6.07, 6.45) is 2.28. The monoisotopic (exact) mass is 347 g/mol. The Bertz CT molecular complexity index is 806. The third kappa shape index (κ3) is 3.54. The second kappa shape index (κ2) is 6.97. The van der Waals surface area contributed by atoms with Crippen molar-refractivity contribution in [2.24, 2.45) is 0 Å². The lowest BCUT2D eigenvalue weighted by molar-refractivity contribution is 0.0940. The number of methoxy groups -OCH3 is 1. The number of hydrogen-bond acceptors (Lipinski definition) is 4. The maximum atomic E-state index is 12.2. The van der Waals surface area contributed by atoms with Gasteiger partial charge in [-0.3, -0.25) is 9.59 Å². The number of halogens is 1. The molecule has 1 atom stereocenters. The van der Waals surface area contributed by atoms with Gasteiger partial charge in [-0.1, -0.05) is 11.6 Å². The number of aromatic amines is 1. The minimum atomic E-state index is -0.292. The molecule has 1 unspecified atom stereocenters. The average Bonchev–Trinajstić information content (AvgIpc) is 3.03. The highest BCUT2D eigenvalue weighted by Crippen LogP contribution is 2.33. The van der Waals surface area contributed by atoms with Gasteiger partial charge < -0.3 is 19.9 Å². The van der Waals surface area contributed by atoms with Gasteiger partial charge in [0.1, 0.15) is 5.75 Å². The Morgan fingerprint density at radius 3 is 2.96 bits per heavy atom. The van der Waals surface area contributed by atoms with Gasteiger partial charge in [0, 0.05) is 42.0 Å². The summed E-state index contributed by atoms with van der Waals surface area (Å²) in [6, 6.07) is 8.36. The standard InChI is InChI=1S/C17H18ClN3O3/c1-24-15-3-2-12(18)9-14(15)21-7-5-13(10-21)20-17(23)11-4-6-19-16(22)8-11/h2-4,6,8-9,13H,5,7,10H2,1H3,(H,19,22)(H,20,23). The molecule has 1 fully saturated rings. The van der Waals surface area contributed by atoms with Gasteiger partial charge in [-0.2, -0.15) is 0 Å². The number of pyridine rings is 1. The maximum Gasteiger partial charge on any atom is 0.251 e. The molecule has 0 aliphatic carbocycles. The second-order valence-electron chi connectivity index (χ2n) is 5.66. The number of benzene rings is 1. The molecule has 126 valence electrons. The minimum Gasteiger partial charge on any atom is -0.495 e. The molecule has 6 nitrogen and oxygen atoms in total. The van der Waals surface area contributed by atoms with E-state index in [1.165, 1.54) is 12.3 Å². The van der Waals surface area contributed by atoms with E-state index < -0.39 is 0 Å².